The maximum atomic E-state index is 12.8. The van der Waals surface area contributed by atoms with Crippen molar-refractivity contribution in [3.63, 3.8) is 0 Å². The molecule has 1 aliphatic rings. The lowest BCUT2D eigenvalue weighted by Gasteiger charge is -2.21. The molecule has 0 saturated heterocycles. The number of ether oxygens (including phenoxy) is 1. The highest BCUT2D eigenvalue weighted by Gasteiger charge is 2.22. The number of nitrogens with one attached hydrogen (secondary N) is 1. The van der Waals surface area contributed by atoms with E-state index in [1.165, 1.54) is 35.0 Å². The summed E-state index contributed by atoms with van der Waals surface area (Å²) in [5.74, 6) is 1.65. The number of fused-ring (bicyclic) bond motifs is 3. The van der Waals surface area contributed by atoms with E-state index in [0.29, 0.717) is 17.2 Å². The number of carbonyl (C=O) groups excluding carboxylic acids is 1. The van der Waals surface area contributed by atoms with Crippen molar-refractivity contribution in [3.8, 4) is 5.75 Å². The number of aryl methyl sites for hydroxylation is 3. The van der Waals surface area contributed by atoms with Crippen LogP contribution in [0.1, 0.15) is 55.4 Å². The van der Waals surface area contributed by atoms with Crippen LogP contribution in [0.15, 0.2) is 23.2 Å². The molecule has 5 nitrogen and oxygen atoms in total. The summed E-state index contributed by atoms with van der Waals surface area (Å²) in [6, 6.07) is 5.96. The minimum Gasteiger partial charge on any atom is -0.495 e. The molecule has 0 fully saturated rings. The van der Waals surface area contributed by atoms with Crippen molar-refractivity contribution in [1.29, 1.82) is 0 Å². The third-order valence-electron chi connectivity index (χ3n) is 5.57. The fraction of sp³-hybridized carbons (Fsp3) is 0.458. The molecular formula is C24H29N3O2S2. The van der Waals surface area contributed by atoms with Crippen LogP contribution >= 0.6 is 23.1 Å². The molecule has 0 saturated carbocycles. The van der Waals surface area contributed by atoms with E-state index in [9.17, 15) is 4.79 Å². The normalized spacial score (nSPS) is 13.8. The lowest BCUT2D eigenvalue weighted by atomic mass is 9.87. The first kappa shape index (κ1) is 22.1. The molecule has 2 aromatic heterocycles. The lowest BCUT2D eigenvalue weighted by molar-refractivity contribution is -0.113. The first-order valence-corrected chi connectivity index (χ1v) is 12.5. The van der Waals surface area contributed by atoms with E-state index < -0.39 is 0 Å². The molecule has 1 aliphatic carbocycles. The molecule has 0 unspecified atom stereocenters. The molecule has 1 amide bonds. The molecule has 4 rings (SSSR count). The van der Waals surface area contributed by atoms with Gasteiger partial charge in [-0.3, -0.25) is 4.79 Å². The number of methoxy groups -OCH3 is 1. The van der Waals surface area contributed by atoms with Gasteiger partial charge in [-0.15, -0.1) is 11.3 Å². The number of benzene rings is 1. The maximum Gasteiger partial charge on any atom is 0.234 e. The van der Waals surface area contributed by atoms with E-state index in [0.717, 1.165) is 39.5 Å². The van der Waals surface area contributed by atoms with E-state index in [1.807, 2.05) is 25.1 Å². The Balaban J connectivity index is 1.55. The van der Waals surface area contributed by atoms with Gasteiger partial charge in [0.1, 0.15) is 21.4 Å². The zero-order valence-corrected chi connectivity index (χ0v) is 20.4. The Bertz CT molecular complexity index is 1130. The van der Waals surface area contributed by atoms with Crippen LogP contribution in [0.25, 0.3) is 10.2 Å². The molecule has 0 bridgehead atoms. The molecular weight excluding hydrogens is 426 g/mol. The summed E-state index contributed by atoms with van der Waals surface area (Å²) >= 11 is 3.29. The van der Waals surface area contributed by atoms with E-state index >= 15 is 0 Å². The Labute approximate surface area is 192 Å². The predicted molar refractivity (Wildman–Crippen MR) is 130 cm³/mol. The van der Waals surface area contributed by atoms with Crippen LogP contribution in [0.4, 0.5) is 5.69 Å². The summed E-state index contributed by atoms with van der Waals surface area (Å²) in [6.07, 6.45) is 4.66. The molecule has 1 N–H and O–H groups in total. The molecule has 0 aliphatic heterocycles. The first-order valence-electron chi connectivity index (χ1n) is 10.7. The molecule has 0 atom stereocenters. The average molecular weight is 456 g/mol. The van der Waals surface area contributed by atoms with Crippen molar-refractivity contribution >= 4 is 44.9 Å². The van der Waals surface area contributed by atoms with E-state index in [2.05, 4.69) is 31.1 Å². The molecule has 0 spiro atoms. The highest BCUT2D eigenvalue weighted by atomic mass is 32.2. The van der Waals surface area contributed by atoms with Gasteiger partial charge in [0.05, 0.1) is 18.6 Å². The Kier molecular flexibility index (Phi) is 6.26. The fourth-order valence-electron chi connectivity index (χ4n) is 3.92. The van der Waals surface area contributed by atoms with Crippen LogP contribution in [-0.2, 0) is 23.1 Å². The standard InChI is InChI=1S/C24H29N3O2S2/c1-14-25-22(21-16-8-6-7-9-19(16)31-23(21)26-14)30-13-20(28)27-17-12-15(24(2,3)4)10-11-18(17)29-5/h10-12H,6-9,13H2,1-5H3,(H,27,28). The zero-order valence-electron chi connectivity index (χ0n) is 18.8. The van der Waals surface area contributed by atoms with Crippen LogP contribution in [-0.4, -0.2) is 28.7 Å². The maximum absolute atomic E-state index is 12.8. The van der Waals surface area contributed by atoms with Crippen LogP contribution in [0.5, 0.6) is 5.75 Å². The van der Waals surface area contributed by atoms with Gasteiger partial charge in [-0.1, -0.05) is 38.6 Å². The van der Waals surface area contributed by atoms with Gasteiger partial charge in [0.25, 0.3) is 0 Å². The number of hydrogen-bond donors (Lipinski definition) is 1. The molecule has 3 aromatic rings. The van der Waals surface area contributed by atoms with E-state index in [1.54, 1.807) is 18.4 Å². The van der Waals surface area contributed by atoms with Crippen LogP contribution in [0.3, 0.4) is 0 Å². The summed E-state index contributed by atoms with van der Waals surface area (Å²) in [5.41, 5.74) is 3.24. The van der Waals surface area contributed by atoms with Gasteiger partial charge in [0, 0.05) is 10.3 Å². The monoisotopic (exact) mass is 455 g/mol. The van der Waals surface area contributed by atoms with Crippen molar-refractivity contribution in [1.82, 2.24) is 9.97 Å². The van der Waals surface area contributed by atoms with Crippen molar-refractivity contribution in [2.45, 2.75) is 63.8 Å². The van der Waals surface area contributed by atoms with Crippen molar-refractivity contribution in [3.05, 3.63) is 40.0 Å². The van der Waals surface area contributed by atoms with Crippen molar-refractivity contribution in [2.75, 3.05) is 18.2 Å². The Morgan fingerprint density at radius 1 is 1.23 bits per heavy atom. The molecule has 1 aromatic carbocycles. The Hall–Kier alpha value is -2.12. The number of nitrogens with zero attached hydrogens (tertiary/aromatic N) is 2. The van der Waals surface area contributed by atoms with Gasteiger partial charge >= 0.3 is 0 Å². The van der Waals surface area contributed by atoms with Crippen LogP contribution in [0, 0.1) is 6.92 Å². The van der Waals surface area contributed by atoms with E-state index in [4.69, 9.17) is 9.72 Å². The lowest BCUT2D eigenvalue weighted by Crippen LogP contribution is -2.17. The number of anilines is 1. The molecule has 7 heteroatoms. The molecule has 164 valence electrons. The van der Waals surface area contributed by atoms with Crippen molar-refractivity contribution < 1.29 is 9.53 Å². The highest BCUT2D eigenvalue weighted by molar-refractivity contribution is 8.00. The molecule has 0 radical (unpaired) electrons. The smallest absolute Gasteiger partial charge is 0.234 e. The number of thiophene rings is 1. The number of hydrogen-bond acceptors (Lipinski definition) is 6. The van der Waals surface area contributed by atoms with Gasteiger partial charge in [-0.2, -0.15) is 0 Å². The third-order valence-corrected chi connectivity index (χ3v) is 7.73. The summed E-state index contributed by atoms with van der Waals surface area (Å²) < 4.78 is 5.46. The Morgan fingerprint density at radius 3 is 2.74 bits per heavy atom. The minimum atomic E-state index is -0.0668. The Morgan fingerprint density at radius 2 is 2.00 bits per heavy atom. The first-order chi connectivity index (χ1) is 14.8. The highest BCUT2D eigenvalue weighted by Crippen LogP contribution is 2.40. The van der Waals surface area contributed by atoms with Crippen LogP contribution in [0.2, 0.25) is 0 Å². The zero-order chi connectivity index (χ0) is 22.2. The molecule has 2 heterocycles. The fourth-order valence-corrected chi connectivity index (χ4v) is 6.19. The predicted octanol–water partition coefficient (Wildman–Crippen LogP) is 5.92. The van der Waals surface area contributed by atoms with Gasteiger partial charge in [-0.05, 0) is 61.3 Å². The van der Waals surface area contributed by atoms with E-state index in [-0.39, 0.29) is 11.3 Å². The van der Waals surface area contributed by atoms with Crippen LogP contribution < -0.4 is 10.1 Å². The second-order valence-electron chi connectivity index (χ2n) is 8.97. The number of rotatable bonds is 5. The number of amides is 1. The second kappa shape index (κ2) is 8.79. The van der Waals surface area contributed by atoms with Crippen molar-refractivity contribution in [2.24, 2.45) is 0 Å². The third kappa shape index (κ3) is 4.72. The summed E-state index contributed by atoms with van der Waals surface area (Å²) in [4.78, 5) is 24.7. The number of thioether (sulfide) groups is 1. The minimum absolute atomic E-state index is 0.0113. The van der Waals surface area contributed by atoms with Gasteiger partial charge in [0.2, 0.25) is 5.91 Å². The average Bonchev–Trinajstić information content (AvgIpc) is 3.09. The quantitative estimate of drug-likeness (QED) is 0.382. The summed E-state index contributed by atoms with van der Waals surface area (Å²) in [5, 5.41) is 5.12. The number of aromatic nitrogens is 2. The number of carbonyl (C=O) groups is 1. The summed E-state index contributed by atoms with van der Waals surface area (Å²) in [7, 11) is 1.62. The molecule has 31 heavy (non-hydrogen) atoms. The summed E-state index contributed by atoms with van der Waals surface area (Å²) in [6.45, 7) is 8.38. The van der Waals surface area contributed by atoms with Gasteiger partial charge < -0.3 is 10.1 Å². The SMILES string of the molecule is COc1ccc(C(C)(C)C)cc1NC(=O)CSc1nc(C)nc2sc3c(c12)CCCC3. The van der Waals surface area contributed by atoms with Gasteiger partial charge in [-0.25, -0.2) is 9.97 Å². The largest absolute Gasteiger partial charge is 0.495 e. The second-order valence-corrected chi connectivity index (χ2v) is 11.0. The topological polar surface area (TPSA) is 64.1 Å². The van der Waals surface area contributed by atoms with Gasteiger partial charge in [0.15, 0.2) is 0 Å².